The molecule has 10 heteroatoms. The van der Waals surface area contributed by atoms with Crippen molar-refractivity contribution in [1.82, 2.24) is 9.21 Å². The molecule has 1 aliphatic rings. The van der Waals surface area contributed by atoms with Gasteiger partial charge in [-0.15, -0.1) is 0 Å². The predicted octanol–water partition coefficient (Wildman–Crippen LogP) is 2.68. The van der Waals surface area contributed by atoms with Gasteiger partial charge in [-0.25, -0.2) is 8.42 Å². The maximum Gasteiger partial charge on any atom is 0.454 e. The molecule has 1 heterocycles. The first kappa shape index (κ1) is 19.7. The van der Waals surface area contributed by atoms with E-state index in [2.05, 4.69) is 0 Å². The van der Waals surface area contributed by atoms with Gasteiger partial charge in [0.2, 0.25) is 10.0 Å². The zero-order chi connectivity index (χ0) is 18.8. The highest BCUT2D eigenvalue weighted by Gasteiger charge is 2.37. The number of carbonyl (C=O) groups excluding carboxylic acids is 1. The van der Waals surface area contributed by atoms with Gasteiger partial charge >= 0.3 is 6.18 Å². The standard InChI is InChI=1S/C15H16ClF3N2O3S/c1-11(9-14(22)15(17,18)19)20-5-7-21(8-6-20)25(23,24)13-4-2-3-12(16)10-13/h2-4,9-10H,5-8H2,1H3. The molecule has 1 fully saturated rings. The molecule has 1 aromatic rings. The summed E-state index contributed by atoms with van der Waals surface area (Å²) in [5.74, 6) is -1.93. The van der Waals surface area contributed by atoms with Crippen LogP contribution in [0.4, 0.5) is 13.2 Å². The van der Waals surface area contributed by atoms with Gasteiger partial charge in [-0.2, -0.15) is 17.5 Å². The number of carbonyl (C=O) groups is 1. The van der Waals surface area contributed by atoms with Crippen LogP contribution in [0.3, 0.4) is 0 Å². The maximum atomic E-state index is 12.6. The molecular formula is C15H16ClF3N2O3S. The predicted molar refractivity (Wildman–Crippen MR) is 86.6 cm³/mol. The summed E-state index contributed by atoms with van der Waals surface area (Å²) < 4.78 is 63.3. The fraction of sp³-hybridized carbons (Fsp3) is 0.400. The second kappa shape index (κ2) is 7.35. The minimum absolute atomic E-state index is 0.0629. The van der Waals surface area contributed by atoms with Crippen molar-refractivity contribution < 1.29 is 26.4 Å². The second-order valence-electron chi connectivity index (χ2n) is 5.50. The fourth-order valence-corrected chi connectivity index (χ4v) is 4.14. The molecular weight excluding hydrogens is 381 g/mol. The summed E-state index contributed by atoms with van der Waals surface area (Å²) in [5, 5.41) is 0.296. The van der Waals surface area contributed by atoms with Gasteiger partial charge in [-0.05, 0) is 25.1 Å². The SMILES string of the molecule is CC(=CC(=O)C(F)(F)F)N1CCN(S(=O)(=O)c2cccc(Cl)c2)CC1. The molecule has 0 amide bonds. The topological polar surface area (TPSA) is 57.7 Å². The van der Waals surface area contributed by atoms with Crippen LogP contribution in [0.5, 0.6) is 0 Å². The van der Waals surface area contributed by atoms with Crippen molar-refractivity contribution in [3.8, 4) is 0 Å². The highest BCUT2D eigenvalue weighted by molar-refractivity contribution is 7.89. The summed E-state index contributed by atoms with van der Waals surface area (Å²) in [6.45, 7) is 1.96. The number of hydrogen-bond acceptors (Lipinski definition) is 4. The Morgan fingerprint density at radius 1 is 1.20 bits per heavy atom. The summed E-state index contributed by atoms with van der Waals surface area (Å²) in [6.07, 6.45) is -4.39. The zero-order valence-corrected chi connectivity index (χ0v) is 14.8. The van der Waals surface area contributed by atoms with Crippen LogP contribution in [-0.4, -0.2) is 55.8 Å². The van der Waals surface area contributed by atoms with E-state index in [4.69, 9.17) is 11.6 Å². The number of halogens is 4. The maximum absolute atomic E-state index is 12.6. The average Bonchev–Trinajstić information content (AvgIpc) is 2.54. The van der Waals surface area contributed by atoms with Crippen molar-refractivity contribution in [2.75, 3.05) is 26.2 Å². The molecule has 0 unspecified atom stereocenters. The molecule has 0 bridgehead atoms. The van der Waals surface area contributed by atoms with E-state index >= 15 is 0 Å². The van der Waals surface area contributed by atoms with E-state index in [1.807, 2.05) is 0 Å². The molecule has 0 atom stereocenters. The fourth-order valence-electron chi connectivity index (χ4n) is 2.42. The highest BCUT2D eigenvalue weighted by atomic mass is 35.5. The van der Waals surface area contributed by atoms with Crippen LogP contribution < -0.4 is 0 Å². The first-order valence-corrected chi connectivity index (χ1v) is 9.14. The largest absolute Gasteiger partial charge is 0.454 e. The third kappa shape index (κ3) is 4.74. The van der Waals surface area contributed by atoms with Gasteiger partial charge in [0, 0.05) is 43.0 Å². The molecule has 0 aliphatic carbocycles. The number of alkyl halides is 3. The van der Waals surface area contributed by atoms with Crippen molar-refractivity contribution in [1.29, 1.82) is 0 Å². The van der Waals surface area contributed by atoms with Gasteiger partial charge in [0.05, 0.1) is 4.90 Å². The van der Waals surface area contributed by atoms with E-state index < -0.39 is 22.0 Å². The first-order valence-electron chi connectivity index (χ1n) is 7.32. The molecule has 1 aliphatic heterocycles. The monoisotopic (exact) mass is 396 g/mol. The lowest BCUT2D eigenvalue weighted by molar-refractivity contribution is -0.165. The molecule has 0 radical (unpaired) electrons. The van der Waals surface area contributed by atoms with Crippen LogP contribution in [0.25, 0.3) is 0 Å². The minimum atomic E-state index is -4.92. The number of benzene rings is 1. The van der Waals surface area contributed by atoms with Crippen LogP contribution >= 0.6 is 11.6 Å². The average molecular weight is 397 g/mol. The molecule has 0 aromatic heterocycles. The van der Waals surface area contributed by atoms with E-state index in [0.29, 0.717) is 11.1 Å². The Bertz CT molecular complexity index is 785. The van der Waals surface area contributed by atoms with E-state index in [0.717, 1.165) is 0 Å². The van der Waals surface area contributed by atoms with Crippen molar-refractivity contribution in [2.45, 2.75) is 18.0 Å². The normalized spacial score (nSPS) is 17.6. The third-order valence-electron chi connectivity index (χ3n) is 3.79. The lowest BCUT2D eigenvalue weighted by atomic mass is 10.2. The Kier molecular flexibility index (Phi) is 5.80. The van der Waals surface area contributed by atoms with Gasteiger partial charge in [0.15, 0.2) is 0 Å². The van der Waals surface area contributed by atoms with Gasteiger partial charge in [-0.3, -0.25) is 4.79 Å². The van der Waals surface area contributed by atoms with Crippen LogP contribution in [0.1, 0.15) is 6.92 Å². The number of allylic oxidation sites excluding steroid dienone is 2. The molecule has 0 N–H and O–H groups in total. The molecule has 0 saturated carbocycles. The van der Waals surface area contributed by atoms with Crippen molar-refractivity contribution in [3.63, 3.8) is 0 Å². The lowest BCUT2D eigenvalue weighted by Gasteiger charge is -2.35. The van der Waals surface area contributed by atoms with E-state index in [9.17, 15) is 26.4 Å². The van der Waals surface area contributed by atoms with Crippen LogP contribution in [0.15, 0.2) is 40.9 Å². The van der Waals surface area contributed by atoms with E-state index in [1.165, 1.54) is 29.4 Å². The smallest absolute Gasteiger partial charge is 0.372 e. The summed E-state index contributed by atoms with van der Waals surface area (Å²) in [4.78, 5) is 12.6. The van der Waals surface area contributed by atoms with Crippen LogP contribution in [-0.2, 0) is 14.8 Å². The van der Waals surface area contributed by atoms with E-state index in [-0.39, 0.29) is 36.8 Å². The summed E-state index contributed by atoms with van der Waals surface area (Å²) >= 11 is 5.82. The van der Waals surface area contributed by atoms with Crippen LogP contribution in [0.2, 0.25) is 5.02 Å². The number of rotatable bonds is 4. The Morgan fingerprint density at radius 2 is 1.80 bits per heavy atom. The van der Waals surface area contributed by atoms with Crippen molar-refractivity contribution >= 4 is 27.4 Å². The summed E-state index contributed by atoms with van der Waals surface area (Å²) in [6, 6.07) is 5.86. The second-order valence-corrected chi connectivity index (χ2v) is 7.87. The Hall–Kier alpha value is -1.58. The minimum Gasteiger partial charge on any atom is -0.372 e. The number of hydrogen-bond donors (Lipinski definition) is 0. The zero-order valence-electron chi connectivity index (χ0n) is 13.3. The molecule has 138 valence electrons. The van der Waals surface area contributed by atoms with Crippen LogP contribution in [0, 0.1) is 0 Å². The van der Waals surface area contributed by atoms with Crippen molar-refractivity contribution in [3.05, 3.63) is 41.1 Å². The van der Waals surface area contributed by atoms with Gasteiger partial charge in [-0.1, -0.05) is 17.7 Å². The molecule has 25 heavy (non-hydrogen) atoms. The summed E-state index contributed by atoms with van der Waals surface area (Å²) in [7, 11) is -3.72. The van der Waals surface area contributed by atoms with Gasteiger partial charge in [0.25, 0.3) is 5.78 Å². The molecule has 2 rings (SSSR count). The molecule has 1 saturated heterocycles. The molecule has 1 aromatic carbocycles. The highest BCUT2D eigenvalue weighted by Crippen LogP contribution is 2.22. The van der Waals surface area contributed by atoms with Gasteiger partial charge in [0.1, 0.15) is 0 Å². The Morgan fingerprint density at radius 3 is 2.32 bits per heavy atom. The number of ketones is 1. The first-order chi connectivity index (χ1) is 11.5. The number of nitrogens with zero attached hydrogens (tertiary/aromatic N) is 2. The Balaban J connectivity index is 2.06. The number of piperazine rings is 1. The van der Waals surface area contributed by atoms with Gasteiger partial charge < -0.3 is 4.90 Å². The Labute approximate surface area is 148 Å². The number of sulfonamides is 1. The van der Waals surface area contributed by atoms with Crippen molar-refractivity contribution in [2.24, 2.45) is 0 Å². The van der Waals surface area contributed by atoms with E-state index in [1.54, 1.807) is 11.0 Å². The molecule has 0 spiro atoms. The lowest BCUT2D eigenvalue weighted by Crippen LogP contribution is -2.48. The quantitative estimate of drug-likeness (QED) is 0.734. The summed E-state index contributed by atoms with van der Waals surface area (Å²) in [5.41, 5.74) is 0.155. The third-order valence-corrected chi connectivity index (χ3v) is 5.92. The molecule has 5 nitrogen and oxygen atoms in total.